The van der Waals surface area contributed by atoms with Gasteiger partial charge in [-0.1, -0.05) is 24.3 Å². The second kappa shape index (κ2) is 11.7. The molecule has 0 saturated carbocycles. The van der Waals surface area contributed by atoms with Gasteiger partial charge in [0.05, 0.1) is 20.5 Å². The van der Waals surface area contributed by atoms with Crippen molar-refractivity contribution >= 4 is 17.3 Å². The molecular formula is C30H33N7O3. The number of hydrogen-bond donors (Lipinski definition) is 1. The second-order valence-corrected chi connectivity index (χ2v) is 9.71. The summed E-state index contributed by atoms with van der Waals surface area (Å²) in [5.74, 6) is 3.13. The number of furan rings is 1. The molecule has 40 heavy (non-hydrogen) atoms. The first kappa shape index (κ1) is 25.7. The van der Waals surface area contributed by atoms with Crippen molar-refractivity contribution in [3.05, 3.63) is 84.3 Å². The molecule has 1 aliphatic rings. The average molecular weight is 540 g/mol. The van der Waals surface area contributed by atoms with Crippen molar-refractivity contribution in [1.29, 1.82) is 0 Å². The SMILES string of the molecule is COc1ccc(CNc2ncc(CCN3CCN(c4ccccc4)CC3)c3nc(-c4ccco4)nn23)cc1OC. The minimum absolute atomic E-state index is 0.531. The zero-order valence-corrected chi connectivity index (χ0v) is 22.8. The molecule has 5 aromatic rings. The highest BCUT2D eigenvalue weighted by molar-refractivity contribution is 5.58. The van der Waals surface area contributed by atoms with Crippen LogP contribution in [0.2, 0.25) is 0 Å². The number of piperazine rings is 1. The normalized spacial score (nSPS) is 14.0. The average Bonchev–Trinajstić information content (AvgIpc) is 3.71. The maximum Gasteiger partial charge on any atom is 0.226 e. The number of para-hydroxylation sites is 1. The van der Waals surface area contributed by atoms with E-state index >= 15 is 0 Å². The molecule has 10 nitrogen and oxygen atoms in total. The number of rotatable bonds is 10. The highest BCUT2D eigenvalue weighted by atomic mass is 16.5. The highest BCUT2D eigenvalue weighted by Crippen LogP contribution is 2.28. The molecule has 10 heteroatoms. The standard InChI is InChI=1S/C30H33N7O3/c1-38-25-11-10-22(19-27(25)39-2)20-31-30-32-21-23(29-33-28(34-37(29)30)26-9-6-18-40-26)12-13-35-14-16-36(17-15-35)24-7-4-3-5-8-24/h3-11,18-19,21H,12-17,20H2,1-2H3,(H,31,32). The molecule has 6 rings (SSSR count). The monoisotopic (exact) mass is 539 g/mol. The van der Waals surface area contributed by atoms with E-state index in [1.165, 1.54) is 5.69 Å². The number of benzene rings is 2. The van der Waals surface area contributed by atoms with Crippen molar-refractivity contribution in [3.8, 4) is 23.1 Å². The van der Waals surface area contributed by atoms with Crippen LogP contribution in [0.15, 0.2) is 77.5 Å². The topological polar surface area (TPSA) is 93.2 Å². The van der Waals surface area contributed by atoms with Crippen LogP contribution in [0.25, 0.3) is 17.2 Å². The maximum absolute atomic E-state index is 5.59. The summed E-state index contributed by atoms with van der Waals surface area (Å²) in [7, 11) is 3.26. The summed E-state index contributed by atoms with van der Waals surface area (Å²) in [5, 5.41) is 8.16. The Morgan fingerprint density at radius 1 is 0.925 bits per heavy atom. The van der Waals surface area contributed by atoms with Gasteiger partial charge in [-0.3, -0.25) is 4.90 Å². The van der Waals surface area contributed by atoms with Crippen molar-refractivity contribution in [3.63, 3.8) is 0 Å². The van der Waals surface area contributed by atoms with Gasteiger partial charge in [0.1, 0.15) is 0 Å². The molecule has 1 N–H and O–H groups in total. The molecule has 0 bridgehead atoms. The van der Waals surface area contributed by atoms with Crippen molar-refractivity contribution in [2.45, 2.75) is 13.0 Å². The van der Waals surface area contributed by atoms with Gasteiger partial charge in [0.15, 0.2) is 22.9 Å². The second-order valence-electron chi connectivity index (χ2n) is 9.71. The quantitative estimate of drug-likeness (QED) is 0.278. The van der Waals surface area contributed by atoms with Crippen LogP contribution in [0.4, 0.5) is 11.6 Å². The van der Waals surface area contributed by atoms with Gasteiger partial charge >= 0.3 is 0 Å². The van der Waals surface area contributed by atoms with Crippen molar-refractivity contribution < 1.29 is 13.9 Å². The van der Waals surface area contributed by atoms with Gasteiger partial charge in [-0.25, -0.2) is 9.97 Å². The zero-order valence-electron chi connectivity index (χ0n) is 22.8. The summed E-state index contributed by atoms with van der Waals surface area (Å²) in [6, 6.07) is 20.2. The van der Waals surface area contributed by atoms with Gasteiger partial charge in [0.2, 0.25) is 11.8 Å². The van der Waals surface area contributed by atoms with Gasteiger partial charge in [0.25, 0.3) is 0 Å². The van der Waals surface area contributed by atoms with E-state index in [0.717, 1.165) is 55.9 Å². The first-order valence-corrected chi connectivity index (χ1v) is 13.5. The molecule has 206 valence electrons. The molecule has 1 fully saturated rings. The van der Waals surface area contributed by atoms with Crippen molar-refractivity contribution in [1.82, 2.24) is 24.5 Å². The molecule has 2 aromatic carbocycles. The summed E-state index contributed by atoms with van der Waals surface area (Å²) in [5.41, 5.74) is 4.14. The number of anilines is 2. The lowest BCUT2D eigenvalue weighted by atomic mass is 10.2. The summed E-state index contributed by atoms with van der Waals surface area (Å²) >= 11 is 0. The Morgan fingerprint density at radius 2 is 1.75 bits per heavy atom. The van der Waals surface area contributed by atoms with Crippen LogP contribution in [0, 0.1) is 0 Å². The molecular weight excluding hydrogens is 506 g/mol. The Morgan fingerprint density at radius 3 is 2.50 bits per heavy atom. The fraction of sp³-hybridized carbons (Fsp3) is 0.300. The molecule has 0 radical (unpaired) electrons. The smallest absolute Gasteiger partial charge is 0.226 e. The van der Waals surface area contributed by atoms with E-state index < -0.39 is 0 Å². The first-order valence-electron chi connectivity index (χ1n) is 13.5. The fourth-order valence-corrected chi connectivity index (χ4v) is 5.04. The van der Waals surface area contributed by atoms with Crippen LogP contribution < -0.4 is 19.7 Å². The number of fused-ring (bicyclic) bond motifs is 1. The minimum Gasteiger partial charge on any atom is -0.493 e. The van der Waals surface area contributed by atoms with E-state index in [-0.39, 0.29) is 0 Å². The van der Waals surface area contributed by atoms with E-state index in [9.17, 15) is 0 Å². The lowest BCUT2D eigenvalue weighted by Crippen LogP contribution is -2.47. The largest absolute Gasteiger partial charge is 0.493 e. The number of nitrogens with zero attached hydrogens (tertiary/aromatic N) is 6. The molecule has 1 aliphatic heterocycles. The summed E-state index contributed by atoms with van der Waals surface area (Å²) in [4.78, 5) is 14.5. The fourth-order valence-electron chi connectivity index (χ4n) is 5.04. The van der Waals surface area contributed by atoms with Crippen LogP contribution >= 0.6 is 0 Å². The van der Waals surface area contributed by atoms with Crippen LogP contribution in [0.5, 0.6) is 11.5 Å². The first-order chi connectivity index (χ1) is 19.7. The number of nitrogens with one attached hydrogen (secondary N) is 1. The predicted molar refractivity (Wildman–Crippen MR) is 154 cm³/mol. The van der Waals surface area contributed by atoms with E-state index in [1.54, 1.807) is 25.0 Å². The van der Waals surface area contributed by atoms with Crippen molar-refractivity contribution in [2.24, 2.45) is 0 Å². The van der Waals surface area contributed by atoms with Gasteiger partial charge < -0.3 is 24.1 Å². The minimum atomic E-state index is 0.531. The highest BCUT2D eigenvalue weighted by Gasteiger charge is 2.20. The van der Waals surface area contributed by atoms with Crippen LogP contribution in [0.3, 0.4) is 0 Å². The number of hydrogen-bond acceptors (Lipinski definition) is 9. The third kappa shape index (κ3) is 5.43. The molecule has 0 unspecified atom stereocenters. The predicted octanol–water partition coefficient (Wildman–Crippen LogP) is 4.38. The van der Waals surface area contributed by atoms with Gasteiger partial charge in [-0.15, -0.1) is 5.10 Å². The third-order valence-electron chi connectivity index (χ3n) is 7.27. The van der Waals surface area contributed by atoms with Gasteiger partial charge in [0, 0.05) is 56.7 Å². The number of ether oxygens (including phenoxy) is 2. The summed E-state index contributed by atoms with van der Waals surface area (Å²) < 4.78 is 18.2. The Balaban J connectivity index is 1.18. The van der Waals surface area contributed by atoms with Crippen LogP contribution in [-0.4, -0.2) is 71.4 Å². The lowest BCUT2D eigenvalue weighted by Gasteiger charge is -2.36. The molecule has 0 amide bonds. The van der Waals surface area contributed by atoms with E-state index in [2.05, 4.69) is 45.4 Å². The Kier molecular flexibility index (Phi) is 7.49. The molecule has 1 saturated heterocycles. The summed E-state index contributed by atoms with van der Waals surface area (Å²) in [6.45, 7) is 5.54. The van der Waals surface area contributed by atoms with Crippen LogP contribution in [-0.2, 0) is 13.0 Å². The van der Waals surface area contributed by atoms with Gasteiger partial charge in [-0.05, 0) is 48.4 Å². The third-order valence-corrected chi connectivity index (χ3v) is 7.27. The summed E-state index contributed by atoms with van der Waals surface area (Å²) in [6.07, 6.45) is 4.37. The van der Waals surface area contributed by atoms with Gasteiger partial charge in [-0.2, -0.15) is 4.52 Å². The molecule has 0 aliphatic carbocycles. The van der Waals surface area contributed by atoms with Crippen molar-refractivity contribution in [2.75, 3.05) is 57.2 Å². The number of methoxy groups -OCH3 is 2. The van der Waals surface area contributed by atoms with E-state index in [4.69, 9.17) is 29.0 Å². The molecule has 0 atom stereocenters. The molecule has 3 aromatic heterocycles. The Bertz CT molecular complexity index is 1540. The Labute approximate surface area is 233 Å². The zero-order chi connectivity index (χ0) is 27.3. The lowest BCUT2D eigenvalue weighted by molar-refractivity contribution is 0.261. The Hall–Kier alpha value is -4.57. The van der Waals surface area contributed by atoms with Crippen LogP contribution in [0.1, 0.15) is 11.1 Å². The van der Waals surface area contributed by atoms with E-state index in [0.29, 0.717) is 35.6 Å². The van der Waals surface area contributed by atoms with E-state index in [1.807, 2.05) is 36.5 Å². The maximum atomic E-state index is 5.59. The molecule has 4 heterocycles. The molecule has 0 spiro atoms. The number of aromatic nitrogens is 4.